The largest absolute Gasteiger partial charge is 0.353 e. The molecule has 0 aromatic heterocycles. The van der Waals surface area contributed by atoms with Gasteiger partial charge < -0.3 is 16.0 Å². The molecule has 2 rings (SSSR count). The van der Waals surface area contributed by atoms with Crippen molar-refractivity contribution in [3.8, 4) is 0 Å². The number of piperazine rings is 1. The Labute approximate surface area is 114 Å². The predicted octanol–water partition coefficient (Wildman–Crippen LogP) is 0.344. The maximum absolute atomic E-state index is 12.7. The SMILES string of the molecule is CC(C)C1C(=O)NCCN1C(=O)[C@@H]1CCC[C@@H]1CN. The van der Waals surface area contributed by atoms with Crippen LogP contribution in [0.1, 0.15) is 33.1 Å². The van der Waals surface area contributed by atoms with E-state index in [1.54, 1.807) is 4.90 Å². The minimum atomic E-state index is -0.319. The van der Waals surface area contributed by atoms with Crippen LogP contribution in [0.15, 0.2) is 0 Å². The minimum absolute atomic E-state index is 0.0168. The van der Waals surface area contributed by atoms with Crippen LogP contribution in [0, 0.1) is 17.8 Å². The maximum Gasteiger partial charge on any atom is 0.243 e. The van der Waals surface area contributed by atoms with Gasteiger partial charge in [-0.2, -0.15) is 0 Å². The van der Waals surface area contributed by atoms with Crippen molar-refractivity contribution in [3.05, 3.63) is 0 Å². The Kier molecular flexibility index (Phi) is 4.45. The molecule has 2 aliphatic rings. The van der Waals surface area contributed by atoms with Crippen molar-refractivity contribution in [1.82, 2.24) is 10.2 Å². The summed E-state index contributed by atoms with van der Waals surface area (Å²) in [5.41, 5.74) is 5.76. The molecule has 1 unspecified atom stereocenters. The van der Waals surface area contributed by atoms with Crippen LogP contribution in [-0.4, -0.2) is 42.4 Å². The first kappa shape index (κ1) is 14.3. The van der Waals surface area contributed by atoms with Crippen molar-refractivity contribution in [3.63, 3.8) is 0 Å². The molecule has 0 bridgehead atoms. The summed E-state index contributed by atoms with van der Waals surface area (Å²) in [6, 6.07) is -0.319. The van der Waals surface area contributed by atoms with Crippen molar-refractivity contribution in [2.24, 2.45) is 23.5 Å². The van der Waals surface area contributed by atoms with E-state index in [2.05, 4.69) is 5.32 Å². The number of rotatable bonds is 3. The quantitative estimate of drug-likeness (QED) is 0.774. The van der Waals surface area contributed by atoms with Gasteiger partial charge in [0.05, 0.1) is 0 Å². The Balaban J connectivity index is 2.14. The molecule has 1 aliphatic carbocycles. The molecule has 2 amide bonds. The fourth-order valence-electron chi connectivity index (χ4n) is 3.45. The molecular weight excluding hydrogens is 242 g/mol. The molecule has 19 heavy (non-hydrogen) atoms. The first-order valence-electron chi connectivity index (χ1n) is 7.34. The summed E-state index contributed by atoms with van der Waals surface area (Å²) in [5, 5.41) is 2.86. The smallest absolute Gasteiger partial charge is 0.243 e. The summed E-state index contributed by atoms with van der Waals surface area (Å²) in [4.78, 5) is 26.5. The zero-order valence-corrected chi connectivity index (χ0v) is 11.9. The Morgan fingerprint density at radius 2 is 2.21 bits per heavy atom. The zero-order valence-electron chi connectivity index (χ0n) is 11.9. The second kappa shape index (κ2) is 5.90. The van der Waals surface area contributed by atoms with E-state index in [9.17, 15) is 9.59 Å². The summed E-state index contributed by atoms with van der Waals surface area (Å²) in [7, 11) is 0. The summed E-state index contributed by atoms with van der Waals surface area (Å²) < 4.78 is 0. The first-order valence-corrected chi connectivity index (χ1v) is 7.34. The van der Waals surface area contributed by atoms with Gasteiger partial charge in [0.25, 0.3) is 0 Å². The van der Waals surface area contributed by atoms with E-state index in [4.69, 9.17) is 5.73 Å². The minimum Gasteiger partial charge on any atom is -0.353 e. The summed E-state index contributed by atoms with van der Waals surface area (Å²) >= 11 is 0. The number of nitrogens with zero attached hydrogens (tertiary/aromatic N) is 1. The van der Waals surface area contributed by atoms with Crippen molar-refractivity contribution in [2.45, 2.75) is 39.2 Å². The highest BCUT2D eigenvalue weighted by Crippen LogP contribution is 2.33. The highest BCUT2D eigenvalue weighted by molar-refractivity contribution is 5.90. The van der Waals surface area contributed by atoms with Gasteiger partial charge in [-0.25, -0.2) is 0 Å². The van der Waals surface area contributed by atoms with E-state index in [1.165, 1.54) is 0 Å². The van der Waals surface area contributed by atoms with E-state index in [0.29, 0.717) is 25.6 Å². The lowest BCUT2D eigenvalue weighted by Gasteiger charge is -2.39. The standard InChI is InChI=1S/C14H25N3O2/c1-9(2)12-13(18)16-6-7-17(12)14(19)11-5-3-4-10(11)8-15/h9-12H,3-8,15H2,1-2H3,(H,16,18)/t10-,11-,12?/m1/s1. The van der Waals surface area contributed by atoms with Crippen molar-refractivity contribution >= 4 is 11.8 Å². The second-order valence-electron chi connectivity index (χ2n) is 6.04. The molecule has 1 saturated carbocycles. The molecule has 0 radical (unpaired) electrons. The topological polar surface area (TPSA) is 75.4 Å². The number of hydrogen-bond acceptors (Lipinski definition) is 3. The van der Waals surface area contributed by atoms with Gasteiger partial charge in [0.15, 0.2) is 0 Å². The first-order chi connectivity index (χ1) is 9.06. The third kappa shape index (κ3) is 2.76. The van der Waals surface area contributed by atoms with Crippen LogP contribution in [0.25, 0.3) is 0 Å². The highest BCUT2D eigenvalue weighted by Gasteiger charge is 2.41. The van der Waals surface area contributed by atoms with Crippen LogP contribution in [0.3, 0.4) is 0 Å². The monoisotopic (exact) mass is 267 g/mol. The number of carbonyl (C=O) groups is 2. The fourth-order valence-corrected chi connectivity index (χ4v) is 3.45. The normalized spacial score (nSPS) is 31.7. The molecule has 1 saturated heterocycles. The van der Waals surface area contributed by atoms with Gasteiger partial charge >= 0.3 is 0 Å². The van der Waals surface area contributed by atoms with Crippen molar-refractivity contribution in [2.75, 3.05) is 19.6 Å². The van der Waals surface area contributed by atoms with Gasteiger partial charge in [-0.05, 0) is 31.2 Å². The average Bonchev–Trinajstić information content (AvgIpc) is 2.85. The van der Waals surface area contributed by atoms with E-state index in [1.807, 2.05) is 13.8 Å². The number of hydrogen-bond donors (Lipinski definition) is 2. The molecule has 1 aliphatic heterocycles. The van der Waals surface area contributed by atoms with E-state index in [-0.39, 0.29) is 29.7 Å². The summed E-state index contributed by atoms with van der Waals surface area (Å²) in [5.74, 6) is 0.586. The number of nitrogens with two attached hydrogens (primary N) is 1. The number of carbonyl (C=O) groups excluding carboxylic acids is 2. The third-order valence-electron chi connectivity index (χ3n) is 4.45. The molecule has 0 spiro atoms. The molecule has 0 aromatic carbocycles. The molecule has 5 nitrogen and oxygen atoms in total. The van der Waals surface area contributed by atoms with Crippen LogP contribution in [0.5, 0.6) is 0 Å². The highest BCUT2D eigenvalue weighted by atomic mass is 16.2. The Hall–Kier alpha value is -1.10. The molecule has 0 aromatic rings. The molecule has 3 atom stereocenters. The van der Waals surface area contributed by atoms with E-state index in [0.717, 1.165) is 19.3 Å². The van der Waals surface area contributed by atoms with Crippen molar-refractivity contribution < 1.29 is 9.59 Å². The molecule has 5 heteroatoms. The number of amides is 2. The Morgan fingerprint density at radius 3 is 2.84 bits per heavy atom. The zero-order chi connectivity index (χ0) is 14.0. The predicted molar refractivity (Wildman–Crippen MR) is 73.2 cm³/mol. The van der Waals surface area contributed by atoms with Gasteiger partial charge in [0, 0.05) is 19.0 Å². The molecule has 3 N–H and O–H groups in total. The Bertz CT molecular complexity index is 357. The molecule has 2 fully saturated rings. The Morgan fingerprint density at radius 1 is 1.47 bits per heavy atom. The molecule has 1 heterocycles. The maximum atomic E-state index is 12.7. The van der Waals surface area contributed by atoms with Gasteiger partial charge in [-0.1, -0.05) is 20.3 Å². The van der Waals surface area contributed by atoms with Gasteiger partial charge in [-0.3, -0.25) is 9.59 Å². The second-order valence-corrected chi connectivity index (χ2v) is 6.04. The van der Waals surface area contributed by atoms with E-state index >= 15 is 0 Å². The van der Waals surface area contributed by atoms with Crippen molar-refractivity contribution in [1.29, 1.82) is 0 Å². The number of nitrogens with one attached hydrogen (secondary N) is 1. The van der Waals surface area contributed by atoms with Crippen LogP contribution in [-0.2, 0) is 9.59 Å². The molecular formula is C14H25N3O2. The van der Waals surface area contributed by atoms with Crippen LogP contribution >= 0.6 is 0 Å². The average molecular weight is 267 g/mol. The fraction of sp³-hybridized carbons (Fsp3) is 0.857. The van der Waals surface area contributed by atoms with Crippen LogP contribution in [0.4, 0.5) is 0 Å². The van der Waals surface area contributed by atoms with Gasteiger partial charge in [-0.15, -0.1) is 0 Å². The van der Waals surface area contributed by atoms with Crippen LogP contribution < -0.4 is 11.1 Å². The summed E-state index contributed by atoms with van der Waals surface area (Å²) in [6.07, 6.45) is 3.04. The lowest BCUT2D eigenvalue weighted by atomic mass is 9.91. The lowest BCUT2D eigenvalue weighted by molar-refractivity contribution is -0.148. The third-order valence-corrected chi connectivity index (χ3v) is 4.45. The van der Waals surface area contributed by atoms with Gasteiger partial charge in [0.2, 0.25) is 11.8 Å². The van der Waals surface area contributed by atoms with Crippen LogP contribution in [0.2, 0.25) is 0 Å². The van der Waals surface area contributed by atoms with E-state index < -0.39 is 0 Å². The summed E-state index contributed by atoms with van der Waals surface area (Å²) in [6.45, 7) is 5.74. The van der Waals surface area contributed by atoms with Gasteiger partial charge in [0.1, 0.15) is 6.04 Å². The lowest BCUT2D eigenvalue weighted by Crippen LogP contribution is -2.60. The molecule has 108 valence electrons.